The summed E-state index contributed by atoms with van der Waals surface area (Å²) in [5.74, 6) is -0.490. The molecule has 1 rings (SSSR count). The Morgan fingerprint density at radius 2 is 0.848 bits per heavy atom. The molecule has 0 heterocycles. The maximum atomic E-state index is 12.9. The van der Waals surface area contributed by atoms with E-state index in [4.69, 9.17) is 18.5 Å². The van der Waals surface area contributed by atoms with Gasteiger partial charge in [-0.2, -0.15) is 0 Å². The van der Waals surface area contributed by atoms with Crippen LogP contribution in [0.2, 0.25) is 0 Å². The molecule has 13 heteroatoms. The van der Waals surface area contributed by atoms with E-state index in [1.807, 2.05) is 0 Å². The van der Waals surface area contributed by atoms with Crippen molar-refractivity contribution in [3.8, 4) is 0 Å². The summed E-state index contributed by atoms with van der Waals surface area (Å²) in [4.78, 5) is 23.2. The largest absolute Gasteiger partial charge is 0.472 e. The molecule has 1 fully saturated rings. The third-order valence-corrected chi connectivity index (χ3v) is 12.8. The van der Waals surface area contributed by atoms with Crippen LogP contribution in [0.4, 0.5) is 0 Å². The number of rotatable bonds is 44. The summed E-state index contributed by atoms with van der Waals surface area (Å²) >= 11 is 0. The van der Waals surface area contributed by atoms with Gasteiger partial charge in [-0.05, 0) is 83.5 Å². The maximum Gasteiger partial charge on any atom is 0.472 e. The van der Waals surface area contributed by atoms with E-state index in [2.05, 4.69) is 74.6 Å². The van der Waals surface area contributed by atoms with Gasteiger partial charge in [-0.3, -0.25) is 13.8 Å². The first-order chi connectivity index (χ1) is 32.0. The fourth-order valence-electron chi connectivity index (χ4n) is 7.69. The van der Waals surface area contributed by atoms with Gasteiger partial charge in [0.15, 0.2) is 0 Å². The molecule has 0 saturated heterocycles. The second-order valence-electron chi connectivity index (χ2n) is 18.0. The molecule has 12 nitrogen and oxygen atoms in total. The molecule has 0 aromatic heterocycles. The third kappa shape index (κ3) is 34.3. The highest BCUT2D eigenvalue weighted by Crippen LogP contribution is 2.47. The van der Waals surface area contributed by atoms with Crippen molar-refractivity contribution in [3.63, 3.8) is 0 Å². The van der Waals surface area contributed by atoms with Gasteiger partial charge in [0, 0.05) is 13.0 Å². The third-order valence-electron chi connectivity index (χ3n) is 11.9. The van der Waals surface area contributed by atoms with Gasteiger partial charge < -0.3 is 39.9 Å². The van der Waals surface area contributed by atoms with Crippen LogP contribution in [-0.4, -0.2) is 98.9 Å². The molecule has 6 N–H and O–H groups in total. The lowest BCUT2D eigenvalue weighted by molar-refractivity contribution is -0.220. The first-order valence-corrected chi connectivity index (χ1v) is 27.6. The van der Waals surface area contributed by atoms with Crippen LogP contribution in [0, 0.1) is 0 Å². The Balaban J connectivity index is 2.35. The van der Waals surface area contributed by atoms with E-state index in [1.165, 1.54) is 96.3 Å². The number of ether oxygens (including phenoxy) is 2. The molecule has 6 atom stereocenters. The summed E-state index contributed by atoms with van der Waals surface area (Å²) in [6, 6.07) is 0. The van der Waals surface area contributed by atoms with Gasteiger partial charge in [0.05, 0.1) is 13.2 Å². The zero-order valence-electron chi connectivity index (χ0n) is 41.2. The van der Waals surface area contributed by atoms with Crippen LogP contribution >= 0.6 is 7.82 Å². The fourth-order valence-corrected chi connectivity index (χ4v) is 8.66. The number of aliphatic hydroxyl groups is 5. The van der Waals surface area contributed by atoms with Crippen molar-refractivity contribution in [2.75, 3.05) is 19.8 Å². The average molecular weight is 955 g/mol. The topological polar surface area (TPSA) is 192 Å². The van der Waals surface area contributed by atoms with E-state index in [0.717, 1.165) is 83.5 Å². The van der Waals surface area contributed by atoms with Crippen molar-refractivity contribution < 1.29 is 58.3 Å². The number of hydrogen-bond acceptors (Lipinski definition) is 11. The van der Waals surface area contributed by atoms with Crippen LogP contribution < -0.4 is 0 Å². The number of phosphoric acid groups is 1. The minimum absolute atomic E-state index is 0.0887. The number of phosphoric ester groups is 1. The number of allylic oxidation sites excluding steroid dienone is 10. The average Bonchev–Trinajstić information content (AvgIpc) is 3.30. The van der Waals surface area contributed by atoms with E-state index in [9.17, 15) is 39.8 Å². The van der Waals surface area contributed by atoms with Gasteiger partial charge in [0.25, 0.3) is 0 Å². The van der Waals surface area contributed by atoms with Crippen molar-refractivity contribution in [2.24, 2.45) is 0 Å². The predicted octanol–water partition coefficient (Wildman–Crippen LogP) is 11.8. The molecule has 0 bridgehead atoms. The van der Waals surface area contributed by atoms with Crippen LogP contribution in [0.1, 0.15) is 206 Å². The van der Waals surface area contributed by atoms with Crippen molar-refractivity contribution in [3.05, 3.63) is 60.8 Å². The van der Waals surface area contributed by atoms with E-state index in [-0.39, 0.29) is 13.0 Å². The number of carbonyl (C=O) groups excluding carboxylic acids is 1. The highest BCUT2D eigenvalue weighted by molar-refractivity contribution is 7.47. The Morgan fingerprint density at radius 1 is 0.485 bits per heavy atom. The molecular weight excluding hydrogens is 860 g/mol. The Bertz CT molecular complexity index is 1320. The molecule has 0 aromatic rings. The zero-order valence-corrected chi connectivity index (χ0v) is 42.1. The van der Waals surface area contributed by atoms with Gasteiger partial charge in [0.1, 0.15) is 42.7 Å². The Labute approximate surface area is 400 Å². The smallest absolute Gasteiger partial charge is 0.457 e. The lowest BCUT2D eigenvalue weighted by Gasteiger charge is -2.41. The molecule has 1 aliphatic carbocycles. The normalized spacial score (nSPS) is 21.9. The van der Waals surface area contributed by atoms with Crippen LogP contribution in [0.15, 0.2) is 60.8 Å². The van der Waals surface area contributed by atoms with Gasteiger partial charge in [-0.1, -0.05) is 177 Å². The Morgan fingerprint density at radius 3 is 1.32 bits per heavy atom. The van der Waals surface area contributed by atoms with E-state index in [0.29, 0.717) is 13.0 Å². The summed E-state index contributed by atoms with van der Waals surface area (Å²) in [6.07, 6.45) is 42.8. The highest BCUT2D eigenvalue weighted by Gasteiger charge is 2.51. The summed E-state index contributed by atoms with van der Waals surface area (Å²) in [6.45, 7) is 4.20. The highest BCUT2D eigenvalue weighted by atomic mass is 31.2. The summed E-state index contributed by atoms with van der Waals surface area (Å²) in [5.41, 5.74) is 0. The van der Waals surface area contributed by atoms with Crippen LogP contribution in [0.3, 0.4) is 0 Å². The quantitative estimate of drug-likeness (QED) is 0.0147. The molecule has 1 saturated carbocycles. The zero-order chi connectivity index (χ0) is 48.4. The first-order valence-electron chi connectivity index (χ1n) is 26.1. The first kappa shape index (κ1) is 62.1. The fraction of sp³-hybridized carbons (Fsp3) is 0.792. The van der Waals surface area contributed by atoms with E-state index < -0.39 is 63.1 Å². The van der Waals surface area contributed by atoms with Crippen molar-refractivity contribution in [1.82, 2.24) is 0 Å². The van der Waals surface area contributed by atoms with E-state index in [1.54, 1.807) is 0 Å². The monoisotopic (exact) mass is 955 g/mol. The van der Waals surface area contributed by atoms with Gasteiger partial charge in [-0.25, -0.2) is 4.57 Å². The second-order valence-corrected chi connectivity index (χ2v) is 19.4. The minimum Gasteiger partial charge on any atom is -0.457 e. The van der Waals surface area contributed by atoms with Gasteiger partial charge in [-0.15, -0.1) is 0 Å². The number of hydrogen-bond donors (Lipinski definition) is 6. The van der Waals surface area contributed by atoms with Gasteiger partial charge >= 0.3 is 13.8 Å². The molecule has 66 heavy (non-hydrogen) atoms. The minimum atomic E-state index is -5.03. The SMILES string of the molecule is CCCCC/C=C\C/C=C\CCCCCCCCCC(=O)OC(COCCCCCCCCC/C=C\C/C=C\C/C=C\CCCCCCC)COP(=O)(O)OC1C(O)C(O)C(O)C(O)C1O. The molecule has 0 aliphatic heterocycles. The molecule has 0 aromatic carbocycles. The van der Waals surface area contributed by atoms with E-state index >= 15 is 0 Å². The number of aliphatic hydroxyl groups excluding tert-OH is 5. The predicted molar refractivity (Wildman–Crippen MR) is 267 cm³/mol. The molecular formula is C53H95O12P. The standard InChI is InChI=1S/C53H95O12P/c1-3-5-7-9-11-13-15-17-19-21-22-23-24-25-27-29-31-33-35-37-39-41-43-62-44-46(45-63-66(60,61)65-53-51(58)49(56)48(55)50(57)52(53)59)64-47(54)42-40-38-36-34-32-30-28-26-20-18-16-14-12-10-8-6-4-2/h12,14-15,17-18,20-22,24-25,46,48-53,55-59H,3-11,13,16,19,23,26-45H2,1-2H3,(H,60,61)/b14-12-,17-15-,20-18-,22-21-,25-24-. The molecule has 0 amide bonds. The number of unbranched alkanes of at least 4 members (excludes halogenated alkanes) is 22. The van der Waals surface area contributed by atoms with Crippen LogP contribution in [-0.2, 0) is 27.9 Å². The molecule has 1 aliphatic rings. The molecule has 384 valence electrons. The van der Waals surface area contributed by atoms with Crippen molar-refractivity contribution in [2.45, 2.75) is 249 Å². The van der Waals surface area contributed by atoms with Crippen LogP contribution in [0.25, 0.3) is 0 Å². The van der Waals surface area contributed by atoms with Gasteiger partial charge in [0.2, 0.25) is 0 Å². The molecule has 6 unspecified atom stereocenters. The Kier molecular flexibility index (Phi) is 40.5. The number of carbonyl (C=O) groups is 1. The Hall–Kier alpha value is -1.96. The van der Waals surface area contributed by atoms with Crippen LogP contribution in [0.5, 0.6) is 0 Å². The summed E-state index contributed by atoms with van der Waals surface area (Å²) in [5, 5.41) is 50.3. The second kappa shape index (κ2) is 43.1. The van der Waals surface area contributed by atoms with Crippen molar-refractivity contribution in [1.29, 1.82) is 0 Å². The number of esters is 1. The lowest BCUT2D eigenvalue weighted by atomic mass is 9.85. The summed E-state index contributed by atoms with van der Waals surface area (Å²) < 4.78 is 34.3. The maximum absolute atomic E-state index is 12.9. The molecule has 0 spiro atoms. The summed E-state index contributed by atoms with van der Waals surface area (Å²) in [7, 11) is -5.03. The van der Waals surface area contributed by atoms with Crippen molar-refractivity contribution >= 4 is 13.8 Å². The lowest BCUT2D eigenvalue weighted by Crippen LogP contribution is -2.64. The molecule has 0 radical (unpaired) electrons.